The van der Waals surface area contributed by atoms with E-state index in [9.17, 15) is 18.5 Å². The lowest BCUT2D eigenvalue weighted by Crippen LogP contribution is -2.37. The van der Waals surface area contributed by atoms with Gasteiger partial charge in [0.15, 0.2) is 32.4 Å². The minimum absolute atomic E-state index is 0.101. The van der Waals surface area contributed by atoms with E-state index < -0.39 is 26.3 Å². The SMILES string of the molecule is COc1c(Nc2cc(C)[nH]n2)nc(Sc2ccc(S(=O)(=O)Cc3cccc([N+](=O)[O-])c3)cc2F)nc1N1CCOCC1. The number of halogens is 1. The lowest BCUT2D eigenvalue weighted by Gasteiger charge is -2.29. The van der Waals surface area contributed by atoms with Gasteiger partial charge in [0.2, 0.25) is 5.75 Å². The predicted molar refractivity (Wildman–Crippen MR) is 153 cm³/mol. The molecule has 1 aliphatic heterocycles. The maximum Gasteiger partial charge on any atom is 0.269 e. The number of sulfone groups is 1. The average Bonchev–Trinajstić information content (AvgIpc) is 3.38. The van der Waals surface area contributed by atoms with Crippen LogP contribution in [0.4, 0.5) is 27.5 Å². The van der Waals surface area contributed by atoms with E-state index >= 15 is 4.39 Å². The lowest BCUT2D eigenvalue weighted by atomic mass is 10.2. The maximum absolute atomic E-state index is 15.3. The number of benzene rings is 2. The summed E-state index contributed by atoms with van der Waals surface area (Å²) in [5.41, 5.74) is 0.821. The second kappa shape index (κ2) is 12.3. The van der Waals surface area contributed by atoms with Gasteiger partial charge in [-0.2, -0.15) is 5.10 Å². The molecule has 0 amide bonds. The number of hydrogen-bond acceptors (Lipinski definition) is 12. The van der Waals surface area contributed by atoms with E-state index in [-0.39, 0.29) is 26.2 Å². The topological polar surface area (TPSA) is 165 Å². The molecule has 3 heterocycles. The summed E-state index contributed by atoms with van der Waals surface area (Å²) < 4.78 is 52.4. The van der Waals surface area contributed by atoms with Gasteiger partial charge in [-0.1, -0.05) is 12.1 Å². The van der Waals surface area contributed by atoms with Crippen LogP contribution in [0.15, 0.2) is 63.5 Å². The van der Waals surface area contributed by atoms with Crippen LogP contribution in [0.1, 0.15) is 11.3 Å². The molecule has 1 fully saturated rings. The molecular weight excluding hydrogens is 589 g/mol. The quantitative estimate of drug-likeness (QED) is 0.148. The molecule has 4 aromatic rings. The smallest absolute Gasteiger partial charge is 0.269 e. The van der Waals surface area contributed by atoms with Crippen molar-refractivity contribution in [1.29, 1.82) is 0 Å². The molecule has 0 unspecified atom stereocenters. The summed E-state index contributed by atoms with van der Waals surface area (Å²) in [5.74, 6) is 0.379. The number of non-ortho nitro benzene ring substituents is 1. The number of hydrogen-bond donors (Lipinski definition) is 2. The van der Waals surface area contributed by atoms with Crippen molar-refractivity contribution in [1.82, 2.24) is 20.2 Å². The zero-order valence-electron chi connectivity index (χ0n) is 22.5. The number of anilines is 3. The van der Waals surface area contributed by atoms with Gasteiger partial charge in [0.25, 0.3) is 5.69 Å². The van der Waals surface area contributed by atoms with Crippen molar-refractivity contribution in [2.45, 2.75) is 27.6 Å². The van der Waals surface area contributed by atoms with Gasteiger partial charge in [0.1, 0.15) is 5.82 Å². The van der Waals surface area contributed by atoms with Gasteiger partial charge in [-0.3, -0.25) is 15.2 Å². The molecule has 220 valence electrons. The molecule has 2 N–H and O–H groups in total. The Morgan fingerprint density at radius 2 is 1.98 bits per heavy atom. The third-order valence-electron chi connectivity index (χ3n) is 6.24. The zero-order valence-corrected chi connectivity index (χ0v) is 24.2. The first-order valence-corrected chi connectivity index (χ1v) is 15.1. The predicted octanol–water partition coefficient (Wildman–Crippen LogP) is 4.27. The summed E-state index contributed by atoms with van der Waals surface area (Å²) >= 11 is 0.921. The van der Waals surface area contributed by atoms with Crippen molar-refractivity contribution in [3.63, 3.8) is 0 Å². The largest absolute Gasteiger partial charge is 0.490 e. The molecule has 0 saturated carbocycles. The monoisotopic (exact) mass is 615 g/mol. The molecule has 16 heteroatoms. The summed E-state index contributed by atoms with van der Waals surface area (Å²) in [4.78, 5) is 21.5. The maximum atomic E-state index is 15.3. The Balaban J connectivity index is 1.44. The number of morpholine rings is 1. The molecule has 2 aromatic carbocycles. The Morgan fingerprint density at radius 1 is 1.19 bits per heavy atom. The lowest BCUT2D eigenvalue weighted by molar-refractivity contribution is -0.384. The van der Waals surface area contributed by atoms with Crippen LogP contribution in [0.3, 0.4) is 0 Å². The summed E-state index contributed by atoms with van der Waals surface area (Å²) in [6, 6.07) is 10.7. The Hall–Kier alpha value is -4.28. The van der Waals surface area contributed by atoms with Gasteiger partial charge in [-0.05, 0) is 42.4 Å². The Bertz CT molecular complexity index is 1730. The highest BCUT2D eigenvalue weighted by molar-refractivity contribution is 7.99. The summed E-state index contributed by atoms with van der Waals surface area (Å²) in [7, 11) is -2.49. The molecular formula is C26H26FN7O6S2. The molecule has 1 saturated heterocycles. The van der Waals surface area contributed by atoms with Crippen molar-refractivity contribution >= 4 is 44.7 Å². The number of ether oxygens (including phenoxy) is 2. The van der Waals surface area contributed by atoms with Crippen LogP contribution >= 0.6 is 11.8 Å². The van der Waals surface area contributed by atoms with E-state index in [0.717, 1.165) is 23.5 Å². The van der Waals surface area contributed by atoms with E-state index in [1.165, 1.54) is 43.5 Å². The average molecular weight is 616 g/mol. The Labute approximate surface area is 244 Å². The van der Waals surface area contributed by atoms with Gasteiger partial charge < -0.3 is 19.7 Å². The fourth-order valence-corrected chi connectivity index (χ4v) is 6.35. The minimum Gasteiger partial charge on any atom is -0.490 e. The number of nitrogens with zero attached hydrogens (tertiary/aromatic N) is 5. The van der Waals surface area contributed by atoms with Crippen LogP contribution in [0.5, 0.6) is 5.75 Å². The van der Waals surface area contributed by atoms with Crippen molar-refractivity contribution < 1.29 is 27.2 Å². The first-order valence-electron chi connectivity index (χ1n) is 12.6. The van der Waals surface area contributed by atoms with Crippen LogP contribution in [0, 0.1) is 22.9 Å². The molecule has 0 bridgehead atoms. The molecule has 0 radical (unpaired) electrons. The second-order valence-electron chi connectivity index (χ2n) is 9.25. The Morgan fingerprint density at radius 3 is 2.64 bits per heavy atom. The highest BCUT2D eigenvalue weighted by atomic mass is 32.2. The number of nitro groups is 1. The number of nitrogens with one attached hydrogen (secondary N) is 2. The van der Waals surface area contributed by atoms with E-state index in [1.54, 1.807) is 6.07 Å². The molecule has 0 spiro atoms. The number of nitro benzene ring substituents is 1. The first-order chi connectivity index (χ1) is 20.1. The molecule has 1 aliphatic rings. The summed E-state index contributed by atoms with van der Waals surface area (Å²) in [6.07, 6.45) is 0. The summed E-state index contributed by atoms with van der Waals surface area (Å²) in [5, 5.41) is 21.4. The van der Waals surface area contributed by atoms with E-state index in [1.807, 2.05) is 11.8 Å². The highest BCUT2D eigenvalue weighted by Crippen LogP contribution is 2.39. The van der Waals surface area contributed by atoms with E-state index in [2.05, 4.69) is 25.5 Å². The van der Waals surface area contributed by atoms with Crippen LogP contribution < -0.4 is 15.0 Å². The third kappa shape index (κ3) is 6.61. The van der Waals surface area contributed by atoms with Crippen LogP contribution in [-0.4, -0.2) is 66.9 Å². The fourth-order valence-electron chi connectivity index (χ4n) is 4.25. The fraction of sp³-hybridized carbons (Fsp3) is 0.269. The standard InChI is InChI=1S/C26H26FN7O6S2/c1-16-12-22(32-31-16)28-24-23(39-2)25(33-8-10-40-11-9-33)30-26(29-24)41-21-7-6-19(14-20(21)27)42(37,38)15-17-4-3-5-18(13-17)34(35)36/h3-7,12-14H,8-11,15H2,1-2H3,(H2,28,29,30,31,32). The van der Waals surface area contributed by atoms with Crippen LogP contribution in [0.25, 0.3) is 0 Å². The number of aryl methyl sites for hydroxylation is 1. The van der Waals surface area contributed by atoms with Crippen molar-refractivity contribution in [3.8, 4) is 5.75 Å². The number of H-pyrrole nitrogens is 1. The van der Waals surface area contributed by atoms with Gasteiger partial charge in [0.05, 0.1) is 40.8 Å². The van der Waals surface area contributed by atoms with Crippen molar-refractivity contribution in [2.24, 2.45) is 0 Å². The first kappa shape index (κ1) is 29.2. The summed E-state index contributed by atoms with van der Waals surface area (Å²) in [6.45, 7) is 3.97. The molecule has 2 aromatic heterocycles. The number of rotatable bonds is 10. The van der Waals surface area contributed by atoms with Gasteiger partial charge in [0, 0.05) is 37.0 Å². The van der Waals surface area contributed by atoms with Crippen molar-refractivity contribution in [3.05, 3.63) is 75.7 Å². The number of aromatic amines is 1. The minimum atomic E-state index is -4.00. The van der Waals surface area contributed by atoms with Gasteiger partial charge in [-0.25, -0.2) is 22.8 Å². The van der Waals surface area contributed by atoms with Crippen LogP contribution in [-0.2, 0) is 20.3 Å². The van der Waals surface area contributed by atoms with E-state index in [4.69, 9.17) is 9.47 Å². The zero-order chi connectivity index (χ0) is 29.9. The van der Waals surface area contributed by atoms with Crippen LogP contribution in [0.2, 0.25) is 0 Å². The molecule has 42 heavy (non-hydrogen) atoms. The molecule has 0 atom stereocenters. The number of aromatic nitrogens is 4. The third-order valence-corrected chi connectivity index (χ3v) is 8.84. The van der Waals surface area contributed by atoms with Gasteiger partial charge in [-0.15, -0.1) is 0 Å². The molecule has 13 nitrogen and oxygen atoms in total. The normalized spacial score (nSPS) is 13.6. The van der Waals surface area contributed by atoms with E-state index in [0.29, 0.717) is 49.5 Å². The molecule has 5 rings (SSSR count). The Kier molecular flexibility index (Phi) is 8.56. The molecule has 0 aliphatic carbocycles. The number of methoxy groups -OCH3 is 1. The highest BCUT2D eigenvalue weighted by Gasteiger charge is 2.25. The van der Waals surface area contributed by atoms with Gasteiger partial charge >= 0.3 is 0 Å². The second-order valence-corrected chi connectivity index (χ2v) is 12.3. The van der Waals surface area contributed by atoms with Crippen molar-refractivity contribution in [2.75, 3.05) is 43.6 Å².